The van der Waals surface area contributed by atoms with Gasteiger partial charge in [0.25, 0.3) is 0 Å². The van der Waals surface area contributed by atoms with Gasteiger partial charge in [0.05, 0.1) is 22.9 Å². The molecule has 0 aromatic rings. The Hall–Kier alpha value is -1.78. The fourth-order valence-electron chi connectivity index (χ4n) is 1.56. The first kappa shape index (κ1) is 15.3. The van der Waals surface area contributed by atoms with E-state index in [9.17, 15) is 19.2 Å². The summed E-state index contributed by atoms with van der Waals surface area (Å²) in [7, 11) is 0. The van der Waals surface area contributed by atoms with Crippen LogP contribution in [-0.2, 0) is 19.2 Å². The van der Waals surface area contributed by atoms with Crippen LogP contribution in [0.2, 0.25) is 0 Å². The minimum Gasteiger partial charge on any atom is -0.211 e. The molecule has 0 aromatic heterocycles. The molecule has 4 atom stereocenters. The molecule has 10 heteroatoms. The number of hydrogen-bond acceptors (Lipinski definition) is 9. The van der Waals surface area contributed by atoms with Crippen molar-refractivity contribution in [2.45, 2.75) is 15.2 Å². The molecule has 0 aliphatic carbocycles. The van der Waals surface area contributed by atoms with Crippen molar-refractivity contribution in [3.05, 3.63) is 0 Å². The molecule has 1 rings (SSSR count). The third-order valence-electron chi connectivity index (χ3n) is 2.25. The Morgan fingerprint density at radius 2 is 1.63 bits per heavy atom. The summed E-state index contributed by atoms with van der Waals surface area (Å²) in [5.74, 6) is 0. The summed E-state index contributed by atoms with van der Waals surface area (Å²) in [4.78, 5) is 51.6. The molecule has 1 fully saturated rings. The van der Waals surface area contributed by atoms with Crippen molar-refractivity contribution in [3.8, 4) is 0 Å². The number of isocyanates is 4. The van der Waals surface area contributed by atoms with Crippen molar-refractivity contribution in [1.29, 1.82) is 0 Å². The third kappa shape index (κ3) is 4.12. The summed E-state index contributed by atoms with van der Waals surface area (Å²) in [6, 6.07) is 0. The Morgan fingerprint density at radius 1 is 0.947 bits per heavy atom. The van der Waals surface area contributed by atoms with Gasteiger partial charge in [-0.2, -0.15) is 9.39 Å². The van der Waals surface area contributed by atoms with Crippen LogP contribution in [0.5, 0.6) is 0 Å². The van der Waals surface area contributed by atoms with Gasteiger partial charge < -0.3 is 0 Å². The second-order valence-corrected chi connectivity index (χ2v) is 7.12. The first-order valence-electron chi connectivity index (χ1n) is 4.94. The van der Waals surface area contributed by atoms with Gasteiger partial charge in [-0.15, -0.1) is 22.8 Å². The monoisotopic (exact) mass is 300 g/mol. The second kappa shape index (κ2) is 8.34. The van der Waals surface area contributed by atoms with E-state index in [4.69, 9.17) is 0 Å². The summed E-state index contributed by atoms with van der Waals surface area (Å²) < 4.78 is 3.42. The lowest BCUT2D eigenvalue weighted by atomic mass is 10.4. The smallest absolute Gasteiger partial charge is 0.211 e. The molecule has 1 aliphatic rings. The molecule has 0 saturated carbocycles. The van der Waals surface area contributed by atoms with E-state index in [1.807, 2.05) is 0 Å². The van der Waals surface area contributed by atoms with Gasteiger partial charge in [-0.3, -0.25) is 0 Å². The minimum atomic E-state index is -1.30. The van der Waals surface area contributed by atoms with Crippen LogP contribution in [0.15, 0.2) is 19.4 Å². The van der Waals surface area contributed by atoms with Gasteiger partial charge in [0.2, 0.25) is 24.3 Å². The van der Waals surface area contributed by atoms with Gasteiger partial charge in [0.15, 0.2) is 0 Å². The highest BCUT2D eigenvalue weighted by atomic mass is 32.3. The first-order chi connectivity index (χ1) is 9.28. The Labute approximate surface area is 114 Å². The minimum absolute atomic E-state index is 0.0462. The summed E-state index contributed by atoms with van der Waals surface area (Å²) in [5, 5.41) is -0.902. The molecule has 1 heterocycles. The van der Waals surface area contributed by atoms with Crippen molar-refractivity contribution >= 4 is 47.2 Å². The maximum Gasteiger partial charge on any atom is 0.245 e. The molecule has 0 spiro atoms. The van der Waals surface area contributed by atoms with Gasteiger partial charge in [-0.25, -0.2) is 29.2 Å². The molecule has 0 N–H and O–H groups in total. The standard InChI is InChI=1S/C9H8N4O4S2/c14-3-10-1-7-9(12-5-16)18-8(2-11-4-15)19(7)13-6-17/h7-9,19H,1-2H2. The highest BCUT2D eigenvalue weighted by molar-refractivity contribution is 8.30. The van der Waals surface area contributed by atoms with E-state index in [0.717, 1.165) is 0 Å². The molecule has 1 saturated heterocycles. The zero-order valence-electron chi connectivity index (χ0n) is 9.42. The molecule has 0 radical (unpaired) electrons. The third-order valence-corrected chi connectivity index (χ3v) is 6.83. The molecular weight excluding hydrogens is 292 g/mol. The molecule has 8 nitrogen and oxygen atoms in total. The van der Waals surface area contributed by atoms with E-state index >= 15 is 0 Å². The van der Waals surface area contributed by atoms with Crippen LogP contribution < -0.4 is 0 Å². The van der Waals surface area contributed by atoms with Gasteiger partial charge in [0.1, 0.15) is 5.37 Å². The Balaban J connectivity index is 3.02. The molecule has 19 heavy (non-hydrogen) atoms. The zero-order chi connectivity index (χ0) is 14.1. The van der Waals surface area contributed by atoms with Gasteiger partial charge in [-0.05, 0) is 0 Å². The number of carbonyl (C=O) groups excluding carboxylic acids is 4. The molecule has 1 aliphatic heterocycles. The maximum atomic E-state index is 10.5. The Kier molecular flexibility index (Phi) is 6.71. The molecular formula is C9H8N4O4S2. The Morgan fingerprint density at radius 3 is 2.21 bits per heavy atom. The average molecular weight is 300 g/mol. The van der Waals surface area contributed by atoms with Crippen LogP contribution in [0.3, 0.4) is 0 Å². The number of aliphatic imine (C=N–C) groups is 3. The van der Waals surface area contributed by atoms with E-state index in [1.165, 1.54) is 36.1 Å². The van der Waals surface area contributed by atoms with Crippen molar-refractivity contribution in [2.24, 2.45) is 19.4 Å². The van der Waals surface area contributed by atoms with Crippen molar-refractivity contribution in [2.75, 3.05) is 13.1 Å². The number of thiol groups is 1. The molecule has 0 bridgehead atoms. The molecule has 4 unspecified atom stereocenters. The van der Waals surface area contributed by atoms with E-state index in [-0.39, 0.29) is 22.9 Å². The topological polar surface area (TPSA) is 118 Å². The second-order valence-electron chi connectivity index (χ2n) is 3.20. The van der Waals surface area contributed by atoms with Gasteiger partial charge >= 0.3 is 0 Å². The van der Waals surface area contributed by atoms with Crippen LogP contribution in [-0.4, -0.2) is 52.6 Å². The normalized spacial score (nSPS) is 30.1. The lowest BCUT2D eigenvalue weighted by Crippen LogP contribution is -2.19. The number of thioether (sulfide) groups is 1. The van der Waals surface area contributed by atoms with Crippen molar-refractivity contribution < 1.29 is 19.2 Å². The van der Waals surface area contributed by atoms with Crippen molar-refractivity contribution in [3.63, 3.8) is 0 Å². The number of rotatable bonds is 6. The molecule has 0 aromatic carbocycles. The molecule has 100 valence electrons. The van der Waals surface area contributed by atoms with E-state index < -0.39 is 16.5 Å². The summed E-state index contributed by atoms with van der Waals surface area (Å²) in [6.45, 7) is 0.155. The SMILES string of the molecule is O=C=NCC1SC(N=C=O)C(CN=C=O)[SH]1N=C=O. The lowest BCUT2D eigenvalue weighted by Gasteiger charge is -2.19. The fourth-order valence-corrected chi connectivity index (χ4v) is 6.11. The average Bonchev–Trinajstić information content (AvgIpc) is 2.73. The van der Waals surface area contributed by atoms with E-state index in [1.54, 1.807) is 0 Å². The predicted molar refractivity (Wildman–Crippen MR) is 70.2 cm³/mol. The largest absolute Gasteiger partial charge is 0.245 e. The highest BCUT2D eigenvalue weighted by Gasteiger charge is 2.42. The number of hydrogen-bond donors (Lipinski definition) is 1. The van der Waals surface area contributed by atoms with Crippen LogP contribution >= 0.6 is 22.8 Å². The van der Waals surface area contributed by atoms with Crippen molar-refractivity contribution in [1.82, 2.24) is 0 Å². The quantitative estimate of drug-likeness (QED) is 0.421. The van der Waals surface area contributed by atoms with Gasteiger partial charge in [0, 0.05) is 0 Å². The highest BCUT2D eigenvalue weighted by Crippen LogP contribution is 2.55. The Bertz CT molecular complexity index is 516. The number of nitrogens with zero attached hydrogens (tertiary/aromatic N) is 4. The van der Waals surface area contributed by atoms with E-state index in [0.29, 0.717) is 0 Å². The first-order valence-corrected chi connectivity index (χ1v) is 7.31. The summed E-state index contributed by atoms with van der Waals surface area (Å²) in [5.41, 5.74) is 0. The predicted octanol–water partition coefficient (Wildman–Crippen LogP) is 0.0134. The fraction of sp³-hybridized carbons (Fsp3) is 0.556. The van der Waals surface area contributed by atoms with Crippen LogP contribution in [0.1, 0.15) is 0 Å². The lowest BCUT2D eigenvalue weighted by molar-refractivity contribution is 0.560. The van der Waals surface area contributed by atoms with Crippen LogP contribution in [0.4, 0.5) is 0 Å². The summed E-state index contributed by atoms with van der Waals surface area (Å²) in [6.07, 6.45) is 5.67. The van der Waals surface area contributed by atoms with Crippen LogP contribution in [0.25, 0.3) is 0 Å². The molecule has 0 amide bonds. The van der Waals surface area contributed by atoms with Crippen LogP contribution in [0, 0.1) is 0 Å². The van der Waals surface area contributed by atoms with E-state index in [2.05, 4.69) is 19.4 Å². The maximum absolute atomic E-state index is 10.5. The summed E-state index contributed by atoms with van der Waals surface area (Å²) >= 11 is -0.0534. The van der Waals surface area contributed by atoms with Gasteiger partial charge in [-0.1, -0.05) is 0 Å². The zero-order valence-corrected chi connectivity index (χ0v) is 11.1.